The number of fused-ring (bicyclic) bond motifs is 1. The molecule has 0 saturated carbocycles. The molecule has 0 amide bonds. The minimum absolute atomic E-state index is 0.261. The van der Waals surface area contributed by atoms with Crippen LogP contribution in [0, 0.1) is 13.8 Å². The molecule has 0 saturated heterocycles. The van der Waals surface area contributed by atoms with Crippen molar-refractivity contribution in [3.8, 4) is 0 Å². The first-order valence-corrected chi connectivity index (χ1v) is 5.17. The average Bonchev–Trinajstić information content (AvgIpc) is 2.23. The number of carboxylic acids is 1. The first kappa shape index (κ1) is 10.9. The molecule has 1 aromatic heterocycles. The number of halogens is 1. The van der Waals surface area contributed by atoms with Crippen molar-refractivity contribution in [3.05, 3.63) is 40.0 Å². The van der Waals surface area contributed by atoms with Gasteiger partial charge in [0.05, 0.1) is 16.1 Å². The maximum atomic E-state index is 10.9. The number of nitrogens with zero attached hydrogens (tertiary/aromatic N) is 1. The molecule has 0 atom stereocenters. The maximum absolute atomic E-state index is 10.9. The van der Waals surface area contributed by atoms with Crippen LogP contribution in [0.2, 0.25) is 5.02 Å². The summed E-state index contributed by atoms with van der Waals surface area (Å²) in [7, 11) is 0. The van der Waals surface area contributed by atoms with Gasteiger partial charge < -0.3 is 5.11 Å². The van der Waals surface area contributed by atoms with Gasteiger partial charge in [0.2, 0.25) is 0 Å². The Morgan fingerprint density at radius 1 is 1.38 bits per heavy atom. The number of hydrogen-bond acceptors (Lipinski definition) is 2. The Morgan fingerprint density at radius 3 is 2.69 bits per heavy atom. The molecule has 0 aliphatic heterocycles. The highest BCUT2D eigenvalue weighted by Gasteiger charge is 2.10. The van der Waals surface area contributed by atoms with E-state index >= 15 is 0 Å². The van der Waals surface area contributed by atoms with Crippen molar-refractivity contribution in [2.24, 2.45) is 0 Å². The second-order valence-corrected chi connectivity index (χ2v) is 4.13. The Bertz CT molecular complexity index is 593. The molecule has 2 aromatic rings. The first-order valence-electron chi connectivity index (χ1n) is 4.79. The monoisotopic (exact) mass is 235 g/mol. The Labute approximate surface area is 97.7 Å². The molecule has 0 radical (unpaired) electrons. The van der Waals surface area contributed by atoms with E-state index in [-0.39, 0.29) is 5.56 Å². The van der Waals surface area contributed by atoms with Crippen molar-refractivity contribution in [1.29, 1.82) is 0 Å². The van der Waals surface area contributed by atoms with E-state index in [0.717, 1.165) is 22.0 Å². The van der Waals surface area contributed by atoms with Crippen LogP contribution >= 0.6 is 11.6 Å². The summed E-state index contributed by atoms with van der Waals surface area (Å²) in [5.41, 5.74) is 2.76. The van der Waals surface area contributed by atoms with Gasteiger partial charge in [-0.3, -0.25) is 4.98 Å². The van der Waals surface area contributed by atoms with Crippen LogP contribution < -0.4 is 0 Å². The van der Waals surface area contributed by atoms with Crippen LogP contribution in [0.25, 0.3) is 10.9 Å². The molecule has 1 aromatic carbocycles. The zero-order valence-corrected chi connectivity index (χ0v) is 9.67. The smallest absolute Gasteiger partial charge is 0.335 e. The van der Waals surface area contributed by atoms with Gasteiger partial charge in [0.15, 0.2) is 0 Å². The zero-order valence-electron chi connectivity index (χ0n) is 8.91. The summed E-state index contributed by atoms with van der Waals surface area (Å²) in [6.07, 6.45) is 1.59. The van der Waals surface area contributed by atoms with Gasteiger partial charge in [-0.05, 0) is 37.1 Å². The minimum atomic E-state index is -0.940. The summed E-state index contributed by atoms with van der Waals surface area (Å²) >= 11 is 5.96. The van der Waals surface area contributed by atoms with E-state index in [1.54, 1.807) is 18.3 Å². The van der Waals surface area contributed by atoms with Gasteiger partial charge in [0.25, 0.3) is 0 Å². The number of carbonyl (C=O) groups is 1. The highest BCUT2D eigenvalue weighted by Crippen LogP contribution is 2.26. The molecule has 0 spiro atoms. The van der Waals surface area contributed by atoms with Gasteiger partial charge in [0, 0.05) is 11.6 Å². The fourth-order valence-electron chi connectivity index (χ4n) is 1.71. The van der Waals surface area contributed by atoms with E-state index in [0.29, 0.717) is 5.02 Å². The first-order chi connectivity index (χ1) is 7.50. The highest BCUT2D eigenvalue weighted by molar-refractivity contribution is 6.32. The molecule has 3 nitrogen and oxygen atoms in total. The molecule has 0 unspecified atom stereocenters. The number of aromatic nitrogens is 1. The fourth-order valence-corrected chi connectivity index (χ4v) is 1.86. The molecule has 4 heteroatoms. The van der Waals surface area contributed by atoms with E-state index < -0.39 is 5.97 Å². The Balaban J connectivity index is 2.88. The maximum Gasteiger partial charge on any atom is 0.335 e. The fraction of sp³-hybridized carbons (Fsp3) is 0.167. The molecule has 1 heterocycles. The molecule has 1 N–H and O–H groups in total. The van der Waals surface area contributed by atoms with Gasteiger partial charge in [-0.25, -0.2) is 4.79 Å². The molecule has 0 fully saturated rings. The SMILES string of the molecule is Cc1c(Cl)cnc2c(C)cc(C(=O)O)cc12. The number of hydrogen-bond donors (Lipinski definition) is 1. The van der Waals surface area contributed by atoms with E-state index in [9.17, 15) is 4.79 Å². The number of aromatic carboxylic acids is 1. The normalized spacial score (nSPS) is 10.7. The summed E-state index contributed by atoms with van der Waals surface area (Å²) in [6.45, 7) is 3.70. The second-order valence-electron chi connectivity index (χ2n) is 3.73. The zero-order chi connectivity index (χ0) is 11.9. The lowest BCUT2D eigenvalue weighted by Crippen LogP contribution is -1.98. The Kier molecular flexibility index (Phi) is 2.56. The van der Waals surface area contributed by atoms with Crippen LogP contribution in [-0.2, 0) is 0 Å². The quantitative estimate of drug-likeness (QED) is 0.826. The number of carboxylic acid groups (broad SMARTS) is 1. The van der Waals surface area contributed by atoms with Crippen molar-refractivity contribution >= 4 is 28.5 Å². The number of rotatable bonds is 1. The van der Waals surface area contributed by atoms with Crippen LogP contribution in [0.15, 0.2) is 18.3 Å². The van der Waals surface area contributed by atoms with Crippen molar-refractivity contribution < 1.29 is 9.90 Å². The summed E-state index contributed by atoms with van der Waals surface area (Å²) in [5.74, 6) is -0.940. The third kappa shape index (κ3) is 1.63. The summed E-state index contributed by atoms with van der Waals surface area (Å²) in [4.78, 5) is 15.2. The van der Waals surface area contributed by atoms with Crippen LogP contribution in [0.1, 0.15) is 21.5 Å². The molecular weight excluding hydrogens is 226 g/mol. The number of pyridine rings is 1. The van der Waals surface area contributed by atoms with E-state index in [4.69, 9.17) is 16.7 Å². The van der Waals surface area contributed by atoms with Crippen LogP contribution in [0.5, 0.6) is 0 Å². The van der Waals surface area contributed by atoms with Gasteiger partial charge >= 0.3 is 5.97 Å². The van der Waals surface area contributed by atoms with Gasteiger partial charge in [-0.2, -0.15) is 0 Å². The summed E-state index contributed by atoms with van der Waals surface area (Å²) in [6, 6.07) is 3.23. The average molecular weight is 236 g/mol. The molecule has 0 bridgehead atoms. The van der Waals surface area contributed by atoms with Crippen molar-refractivity contribution in [2.75, 3.05) is 0 Å². The van der Waals surface area contributed by atoms with Crippen molar-refractivity contribution in [1.82, 2.24) is 4.98 Å². The molecular formula is C12H10ClNO2. The Morgan fingerprint density at radius 2 is 2.06 bits per heavy atom. The standard InChI is InChI=1S/C12H10ClNO2/c1-6-3-8(12(15)16)4-9-7(2)10(13)5-14-11(6)9/h3-5H,1-2H3,(H,15,16). The van der Waals surface area contributed by atoms with Crippen LogP contribution in [0.3, 0.4) is 0 Å². The largest absolute Gasteiger partial charge is 0.478 e. The van der Waals surface area contributed by atoms with E-state index in [1.807, 2.05) is 13.8 Å². The topological polar surface area (TPSA) is 50.2 Å². The molecule has 0 aliphatic rings. The summed E-state index contributed by atoms with van der Waals surface area (Å²) in [5, 5.41) is 10.3. The van der Waals surface area contributed by atoms with Crippen LogP contribution in [-0.4, -0.2) is 16.1 Å². The Hall–Kier alpha value is -1.61. The molecule has 2 rings (SSSR count). The lowest BCUT2D eigenvalue weighted by molar-refractivity contribution is 0.0697. The van der Waals surface area contributed by atoms with E-state index in [1.165, 1.54) is 0 Å². The molecule has 0 aliphatic carbocycles. The van der Waals surface area contributed by atoms with Gasteiger partial charge in [-0.15, -0.1) is 0 Å². The molecule has 82 valence electrons. The lowest BCUT2D eigenvalue weighted by atomic mass is 10.0. The van der Waals surface area contributed by atoms with Gasteiger partial charge in [0.1, 0.15) is 0 Å². The molecule has 16 heavy (non-hydrogen) atoms. The van der Waals surface area contributed by atoms with Crippen molar-refractivity contribution in [2.45, 2.75) is 13.8 Å². The predicted octanol–water partition coefficient (Wildman–Crippen LogP) is 3.20. The number of aryl methyl sites for hydroxylation is 2. The van der Waals surface area contributed by atoms with Crippen molar-refractivity contribution in [3.63, 3.8) is 0 Å². The minimum Gasteiger partial charge on any atom is -0.478 e. The van der Waals surface area contributed by atoms with Crippen LogP contribution in [0.4, 0.5) is 0 Å². The second kappa shape index (κ2) is 3.76. The third-order valence-electron chi connectivity index (χ3n) is 2.62. The lowest BCUT2D eigenvalue weighted by Gasteiger charge is -2.07. The number of benzene rings is 1. The highest BCUT2D eigenvalue weighted by atomic mass is 35.5. The third-order valence-corrected chi connectivity index (χ3v) is 3.00. The summed E-state index contributed by atoms with van der Waals surface area (Å²) < 4.78 is 0. The predicted molar refractivity (Wildman–Crippen MR) is 63.2 cm³/mol. The van der Waals surface area contributed by atoms with E-state index in [2.05, 4.69) is 4.98 Å². The van der Waals surface area contributed by atoms with Gasteiger partial charge in [-0.1, -0.05) is 11.6 Å².